The van der Waals surface area contributed by atoms with Crippen molar-refractivity contribution >= 4 is 34.9 Å². The highest BCUT2D eigenvalue weighted by Gasteiger charge is 2.24. The number of alkyl halides is 1. The van der Waals surface area contributed by atoms with Crippen molar-refractivity contribution in [2.75, 3.05) is 12.5 Å². The Morgan fingerprint density at radius 3 is 2.59 bits per heavy atom. The van der Waals surface area contributed by atoms with Crippen LogP contribution in [0.15, 0.2) is 53.4 Å². The van der Waals surface area contributed by atoms with Crippen LogP contribution in [0.2, 0.25) is 0 Å². The number of hydrogen-bond acceptors (Lipinski definition) is 5. The maximum absolute atomic E-state index is 5.68. The molecule has 0 spiro atoms. The van der Waals surface area contributed by atoms with Gasteiger partial charge in [-0.3, -0.25) is 0 Å². The molecule has 0 unspecified atom stereocenters. The minimum atomic E-state index is 0.627. The molecule has 0 fully saturated rings. The highest BCUT2D eigenvalue weighted by atomic mass is 35.5. The minimum absolute atomic E-state index is 0.627. The molecule has 0 aliphatic carbocycles. The molecule has 4 rings (SSSR count). The molecule has 0 bridgehead atoms. The van der Waals surface area contributed by atoms with Crippen molar-refractivity contribution in [1.29, 1.82) is 0 Å². The third kappa shape index (κ3) is 4.66. The lowest BCUT2D eigenvalue weighted by molar-refractivity contribution is 0.318. The molecule has 0 amide bonds. The summed E-state index contributed by atoms with van der Waals surface area (Å²) in [6.07, 6.45) is 0.861. The third-order valence-corrected chi connectivity index (χ3v) is 6.73. The maximum atomic E-state index is 5.68. The van der Waals surface area contributed by atoms with Gasteiger partial charge in [0.25, 0.3) is 0 Å². The standard InChI is InChI=1S/C21H21ClN2OS2/c1-15-3-9-18(10-4-15)27-24-13-19-20(14-24)26-21(23-19)16-5-7-17(8-6-16)25-12-2-11-22/h3-10H,2,11-14H2,1H3. The van der Waals surface area contributed by atoms with Crippen molar-refractivity contribution in [2.24, 2.45) is 0 Å². The summed E-state index contributed by atoms with van der Waals surface area (Å²) < 4.78 is 8.04. The third-order valence-electron chi connectivity index (χ3n) is 4.33. The number of rotatable bonds is 7. The lowest BCUT2D eigenvalue weighted by atomic mass is 10.2. The number of aromatic nitrogens is 1. The Hall–Kier alpha value is -1.53. The van der Waals surface area contributed by atoms with Crippen molar-refractivity contribution in [3.05, 3.63) is 64.7 Å². The summed E-state index contributed by atoms with van der Waals surface area (Å²) in [5.74, 6) is 1.51. The fourth-order valence-corrected chi connectivity index (χ4v) is 5.11. The minimum Gasteiger partial charge on any atom is -0.494 e. The van der Waals surface area contributed by atoms with Gasteiger partial charge in [-0.1, -0.05) is 17.7 Å². The highest BCUT2D eigenvalue weighted by Crippen LogP contribution is 2.38. The molecule has 0 saturated heterocycles. The average molecular weight is 417 g/mol. The van der Waals surface area contributed by atoms with Crippen molar-refractivity contribution in [3.63, 3.8) is 0 Å². The van der Waals surface area contributed by atoms with E-state index >= 15 is 0 Å². The number of halogens is 1. The van der Waals surface area contributed by atoms with E-state index in [-0.39, 0.29) is 0 Å². The number of fused-ring (bicyclic) bond motifs is 1. The Kier molecular flexibility index (Phi) is 6.03. The lowest BCUT2D eigenvalue weighted by Crippen LogP contribution is -2.06. The molecule has 3 nitrogen and oxygen atoms in total. The van der Waals surface area contributed by atoms with Gasteiger partial charge < -0.3 is 4.74 Å². The van der Waals surface area contributed by atoms with Crippen LogP contribution in [0.25, 0.3) is 10.6 Å². The lowest BCUT2D eigenvalue weighted by Gasteiger charge is -2.13. The van der Waals surface area contributed by atoms with Gasteiger partial charge in [0.1, 0.15) is 10.8 Å². The van der Waals surface area contributed by atoms with E-state index in [2.05, 4.69) is 47.6 Å². The molecule has 0 radical (unpaired) electrons. The molecule has 0 atom stereocenters. The first-order chi connectivity index (χ1) is 13.2. The zero-order valence-corrected chi connectivity index (χ0v) is 17.5. The summed E-state index contributed by atoms with van der Waals surface area (Å²) >= 11 is 9.28. The summed E-state index contributed by atoms with van der Waals surface area (Å²) in [5, 5.41) is 1.09. The van der Waals surface area contributed by atoms with Crippen LogP contribution in [0.4, 0.5) is 0 Å². The van der Waals surface area contributed by atoms with E-state index in [0.717, 1.165) is 35.8 Å². The molecule has 1 aliphatic heterocycles. The molecule has 3 aromatic rings. The highest BCUT2D eigenvalue weighted by molar-refractivity contribution is 7.97. The number of benzene rings is 2. The molecule has 1 aliphatic rings. The quantitative estimate of drug-likeness (QED) is 0.262. The van der Waals surface area contributed by atoms with Gasteiger partial charge in [0.2, 0.25) is 0 Å². The van der Waals surface area contributed by atoms with Gasteiger partial charge in [-0.2, -0.15) is 0 Å². The molecule has 0 saturated carbocycles. The number of aryl methyl sites for hydroxylation is 1. The van der Waals surface area contributed by atoms with Gasteiger partial charge in [-0.25, -0.2) is 9.29 Å². The van der Waals surface area contributed by atoms with E-state index in [9.17, 15) is 0 Å². The summed E-state index contributed by atoms with van der Waals surface area (Å²) in [6, 6.07) is 16.9. The van der Waals surface area contributed by atoms with Crippen LogP contribution in [0.5, 0.6) is 5.75 Å². The fourth-order valence-electron chi connectivity index (χ4n) is 2.89. The van der Waals surface area contributed by atoms with E-state index in [1.807, 2.05) is 24.1 Å². The SMILES string of the molecule is Cc1ccc(SN2Cc3nc(-c4ccc(OCCCCl)cc4)sc3C2)cc1. The van der Waals surface area contributed by atoms with Crippen LogP contribution < -0.4 is 4.74 Å². The summed E-state index contributed by atoms with van der Waals surface area (Å²) in [6.45, 7) is 4.61. The van der Waals surface area contributed by atoms with Crippen molar-refractivity contribution in [2.45, 2.75) is 31.3 Å². The van der Waals surface area contributed by atoms with E-state index < -0.39 is 0 Å². The van der Waals surface area contributed by atoms with Gasteiger partial charge in [-0.05, 0) is 61.7 Å². The first-order valence-electron chi connectivity index (χ1n) is 8.98. The normalized spacial score (nSPS) is 13.7. The van der Waals surface area contributed by atoms with Crippen molar-refractivity contribution in [3.8, 4) is 16.3 Å². The van der Waals surface area contributed by atoms with Crippen LogP contribution in [-0.4, -0.2) is 21.8 Å². The number of ether oxygens (including phenoxy) is 1. The number of hydrogen-bond donors (Lipinski definition) is 0. The van der Waals surface area contributed by atoms with Crippen LogP contribution in [-0.2, 0) is 13.1 Å². The Morgan fingerprint density at radius 2 is 1.89 bits per heavy atom. The zero-order valence-electron chi connectivity index (χ0n) is 15.2. The van der Waals surface area contributed by atoms with Gasteiger partial charge >= 0.3 is 0 Å². The van der Waals surface area contributed by atoms with Crippen LogP contribution in [0.1, 0.15) is 22.6 Å². The van der Waals surface area contributed by atoms with Crippen molar-refractivity contribution in [1.82, 2.24) is 9.29 Å². The van der Waals surface area contributed by atoms with Gasteiger partial charge in [-0.15, -0.1) is 22.9 Å². The first kappa shape index (κ1) is 18.8. The van der Waals surface area contributed by atoms with Crippen molar-refractivity contribution < 1.29 is 4.74 Å². The topological polar surface area (TPSA) is 25.4 Å². The Balaban J connectivity index is 1.38. The molecule has 6 heteroatoms. The van der Waals surface area contributed by atoms with E-state index in [0.29, 0.717) is 12.5 Å². The maximum Gasteiger partial charge on any atom is 0.123 e. The van der Waals surface area contributed by atoms with Crippen LogP contribution in [0, 0.1) is 6.92 Å². The fraction of sp³-hybridized carbons (Fsp3) is 0.286. The molecular formula is C21H21ClN2OS2. The monoisotopic (exact) mass is 416 g/mol. The smallest absolute Gasteiger partial charge is 0.123 e. The molecule has 2 aromatic carbocycles. The number of thiazole rings is 1. The summed E-state index contributed by atoms with van der Waals surface area (Å²) in [7, 11) is 0. The molecule has 1 aromatic heterocycles. The largest absolute Gasteiger partial charge is 0.494 e. The van der Waals surface area contributed by atoms with Gasteiger partial charge in [0, 0.05) is 27.8 Å². The molecular weight excluding hydrogens is 396 g/mol. The van der Waals surface area contributed by atoms with E-state index in [1.54, 1.807) is 11.3 Å². The second kappa shape index (κ2) is 8.65. The Labute approximate surface area is 173 Å². The predicted molar refractivity (Wildman–Crippen MR) is 115 cm³/mol. The van der Waals surface area contributed by atoms with Crippen LogP contribution >= 0.6 is 34.9 Å². The Morgan fingerprint density at radius 1 is 1.11 bits per heavy atom. The molecule has 27 heavy (non-hydrogen) atoms. The first-order valence-corrected chi connectivity index (χ1v) is 11.1. The second-order valence-electron chi connectivity index (χ2n) is 6.51. The van der Waals surface area contributed by atoms with E-state index in [1.165, 1.54) is 21.0 Å². The molecule has 0 N–H and O–H groups in total. The average Bonchev–Trinajstić information content (AvgIpc) is 3.23. The summed E-state index contributed by atoms with van der Waals surface area (Å²) in [5.41, 5.74) is 3.65. The van der Waals surface area contributed by atoms with E-state index in [4.69, 9.17) is 21.3 Å². The summed E-state index contributed by atoms with van der Waals surface area (Å²) in [4.78, 5) is 7.52. The van der Waals surface area contributed by atoms with Gasteiger partial charge in [0.05, 0.1) is 18.8 Å². The molecule has 2 heterocycles. The zero-order chi connectivity index (χ0) is 18.6. The molecule has 140 valence electrons. The predicted octanol–water partition coefficient (Wildman–Crippen LogP) is 6.15. The van der Waals surface area contributed by atoms with Gasteiger partial charge in [0.15, 0.2) is 0 Å². The second-order valence-corrected chi connectivity index (χ2v) is 9.14. The number of nitrogens with zero attached hydrogens (tertiary/aromatic N) is 2. The Bertz CT molecular complexity index is 870. The van der Waals surface area contributed by atoms with Crippen LogP contribution in [0.3, 0.4) is 0 Å².